The maximum Gasteiger partial charge on any atom is 0.329 e. The normalized spacial score (nSPS) is 14.8. The summed E-state index contributed by atoms with van der Waals surface area (Å²) in [7, 11) is 0. The molecule has 1 saturated carbocycles. The molecule has 0 aromatic heterocycles. The van der Waals surface area contributed by atoms with Crippen molar-refractivity contribution in [2.45, 2.75) is 31.2 Å². The molecule has 1 aliphatic carbocycles. The Hall–Kier alpha value is -3.34. The van der Waals surface area contributed by atoms with Crippen LogP contribution < -0.4 is 10.1 Å². The van der Waals surface area contributed by atoms with E-state index in [2.05, 4.69) is 5.32 Å². The van der Waals surface area contributed by atoms with Crippen LogP contribution in [-0.2, 0) is 11.2 Å². The molecule has 1 fully saturated rings. The van der Waals surface area contributed by atoms with Gasteiger partial charge >= 0.3 is 5.97 Å². The summed E-state index contributed by atoms with van der Waals surface area (Å²) >= 11 is 0. The van der Waals surface area contributed by atoms with Crippen LogP contribution in [0.3, 0.4) is 0 Å². The third-order valence-corrected chi connectivity index (χ3v) is 5.57. The van der Waals surface area contributed by atoms with Gasteiger partial charge in [-0.1, -0.05) is 60.7 Å². The van der Waals surface area contributed by atoms with Crippen molar-refractivity contribution in [3.8, 4) is 5.75 Å². The topological polar surface area (TPSA) is 75.6 Å². The molecule has 1 aliphatic rings. The van der Waals surface area contributed by atoms with E-state index >= 15 is 0 Å². The molecule has 3 aromatic rings. The molecule has 5 heteroatoms. The van der Waals surface area contributed by atoms with Crippen LogP contribution in [0.1, 0.15) is 35.2 Å². The molecule has 29 heavy (non-hydrogen) atoms. The molecule has 4 rings (SSSR count). The van der Waals surface area contributed by atoms with Crippen molar-refractivity contribution in [1.82, 2.24) is 5.32 Å². The van der Waals surface area contributed by atoms with Crippen LogP contribution in [0.5, 0.6) is 5.75 Å². The van der Waals surface area contributed by atoms with Crippen molar-refractivity contribution in [1.29, 1.82) is 0 Å². The van der Waals surface area contributed by atoms with Crippen LogP contribution in [0, 0.1) is 0 Å². The molecule has 1 amide bonds. The number of carbonyl (C=O) groups excluding carboxylic acids is 1. The van der Waals surface area contributed by atoms with Crippen molar-refractivity contribution in [2.75, 3.05) is 6.61 Å². The van der Waals surface area contributed by atoms with Gasteiger partial charge in [-0.05, 0) is 36.3 Å². The Balaban J connectivity index is 1.61. The molecule has 0 aliphatic heterocycles. The summed E-state index contributed by atoms with van der Waals surface area (Å²) in [6.07, 6.45) is 2.41. The Kier molecular flexibility index (Phi) is 5.21. The SMILES string of the molecule is O=C(NC1(C(=O)O)CCC1)c1ccc2ccccc2c1OCCc1ccccc1. The van der Waals surface area contributed by atoms with Gasteiger partial charge in [0.25, 0.3) is 5.91 Å². The van der Waals surface area contributed by atoms with Crippen molar-refractivity contribution in [2.24, 2.45) is 0 Å². The van der Waals surface area contributed by atoms with E-state index in [0.29, 0.717) is 37.2 Å². The van der Waals surface area contributed by atoms with Gasteiger partial charge in [-0.25, -0.2) is 4.79 Å². The number of hydrogen-bond acceptors (Lipinski definition) is 3. The van der Waals surface area contributed by atoms with Crippen molar-refractivity contribution in [3.63, 3.8) is 0 Å². The number of nitrogens with one attached hydrogen (secondary N) is 1. The Morgan fingerprint density at radius 3 is 2.38 bits per heavy atom. The van der Waals surface area contributed by atoms with Crippen LogP contribution in [0.2, 0.25) is 0 Å². The second-order valence-electron chi connectivity index (χ2n) is 7.44. The number of benzene rings is 3. The molecule has 5 nitrogen and oxygen atoms in total. The first-order chi connectivity index (χ1) is 14.1. The minimum Gasteiger partial charge on any atom is -0.492 e. The van der Waals surface area contributed by atoms with Crippen molar-refractivity contribution in [3.05, 3.63) is 77.9 Å². The summed E-state index contributed by atoms with van der Waals surface area (Å²) in [5, 5.41) is 14.1. The molecule has 0 atom stereocenters. The summed E-state index contributed by atoms with van der Waals surface area (Å²) in [4.78, 5) is 24.7. The highest BCUT2D eigenvalue weighted by Crippen LogP contribution is 2.34. The van der Waals surface area contributed by atoms with Crippen LogP contribution in [-0.4, -0.2) is 29.1 Å². The molecule has 0 unspecified atom stereocenters. The lowest BCUT2D eigenvalue weighted by Gasteiger charge is -2.38. The zero-order chi connectivity index (χ0) is 20.3. The third-order valence-electron chi connectivity index (χ3n) is 5.57. The fourth-order valence-electron chi connectivity index (χ4n) is 3.70. The van der Waals surface area contributed by atoms with Gasteiger partial charge in [0.05, 0.1) is 12.2 Å². The highest BCUT2D eigenvalue weighted by atomic mass is 16.5. The first kappa shape index (κ1) is 19.0. The van der Waals surface area contributed by atoms with E-state index in [4.69, 9.17) is 4.74 Å². The molecule has 0 heterocycles. The number of rotatable bonds is 7. The molecule has 2 N–H and O–H groups in total. The fraction of sp³-hybridized carbons (Fsp3) is 0.250. The molecular weight excluding hydrogens is 366 g/mol. The Morgan fingerprint density at radius 1 is 0.966 bits per heavy atom. The van der Waals surface area contributed by atoms with E-state index in [-0.39, 0.29) is 0 Å². The van der Waals surface area contributed by atoms with Gasteiger partial charge in [0.1, 0.15) is 11.3 Å². The molecule has 0 spiro atoms. The second-order valence-corrected chi connectivity index (χ2v) is 7.44. The average Bonchev–Trinajstić information content (AvgIpc) is 2.71. The number of carboxylic acid groups (broad SMARTS) is 1. The summed E-state index contributed by atoms with van der Waals surface area (Å²) in [5.41, 5.74) is 0.353. The number of amides is 1. The summed E-state index contributed by atoms with van der Waals surface area (Å²) in [6.45, 7) is 0.419. The second kappa shape index (κ2) is 7.95. The maximum absolute atomic E-state index is 13.0. The molecule has 0 saturated heterocycles. The van der Waals surface area contributed by atoms with E-state index in [0.717, 1.165) is 22.8 Å². The first-order valence-electron chi connectivity index (χ1n) is 9.83. The number of hydrogen-bond donors (Lipinski definition) is 2. The molecule has 0 bridgehead atoms. The Morgan fingerprint density at radius 2 is 1.69 bits per heavy atom. The molecular formula is C24H23NO4. The fourth-order valence-corrected chi connectivity index (χ4v) is 3.70. The predicted molar refractivity (Wildman–Crippen MR) is 111 cm³/mol. The largest absolute Gasteiger partial charge is 0.492 e. The minimum atomic E-state index is -1.16. The summed E-state index contributed by atoms with van der Waals surface area (Å²) in [5.74, 6) is -0.895. The highest BCUT2D eigenvalue weighted by Gasteiger charge is 2.46. The van der Waals surface area contributed by atoms with E-state index in [9.17, 15) is 14.7 Å². The van der Waals surface area contributed by atoms with Crippen molar-refractivity contribution >= 4 is 22.6 Å². The monoisotopic (exact) mass is 389 g/mol. The quantitative estimate of drug-likeness (QED) is 0.635. The third kappa shape index (κ3) is 3.81. The zero-order valence-corrected chi connectivity index (χ0v) is 16.1. The number of carboxylic acids is 1. The maximum atomic E-state index is 13.0. The number of fused-ring (bicyclic) bond motifs is 1. The first-order valence-corrected chi connectivity index (χ1v) is 9.83. The Bertz CT molecular complexity index is 1040. The highest BCUT2D eigenvalue weighted by molar-refractivity contribution is 6.05. The van der Waals surface area contributed by atoms with Crippen LogP contribution in [0.15, 0.2) is 66.7 Å². The van der Waals surface area contributed by atoms with Gasteiger partial charge in [-0.2, -0.15) is 0 Å². The van der Waals surface area contributed by atoms with Gasteiger partial charge in [-0.3, -0.25) is 4.79 Å². The van der Waals surface area contributed by atoms with Crippen LogP contribution in [0.4, 0.5) is 0 Å². The zero-order valence-electron chi connectivity index (χ0n) is 16.1. The summed E-state index contributed by atoms with van der Waals surface area (Å²) < 4.78 is 6.09. The van der Waals surface area contributed by atoms with Gasteiger partial charge in [0, 0.05) is 11.8 Å². The molecule has 148 valence electrons. The minimum absolute atomic E-state index is 0.365. The van der Waals surface area contributed by atoms with Crippen LogP contribution >= 0.6 is 0 Å². The molecule has 0 radical (unpaired) electrons. The number of ether oxygens (including phenoxy) is 1. The summed E-state index contributed by atoms with van der Waals surface area (Å²) in [6, 6.07) is 21.3. The lowest BCUT2D eigenvalue weighted by molar-refractivity contribution is -0.148. The lowest BCUT2D eigenvalue weighted by Crippen LogP contribution is -2.59. The van der Waals surface area contributed by atoms with E-state index in [1.54, 1.807) is 6.07 Å². The van der Waals surface area contributed by atoms with Gasteiger partial charge in [-0.15, -0.1) is 0 Å². The van der Waals surface area contributed by atoms with Gasteiger partial charge in [0.2, 0.25) is 0 Å². The standard InChI is InChI=1S/C24H23NO4/c26-22(25-24(23(27)28)14-6-15-24)20-12-11-18-9-4-5-10-19(18)21(20)29-16-13-17-7-2-1-3-8-17/h1-5,7-12H,6,13-16H2,(H,25,26)(H,27,28). The van der Waals surface area contributed by atoms with E-state index < -0.39 is 17.4 Å². The van der Waals surface area contributed by atoms with Crippen molar-refractivity contribution < 1.29 is 19.4 Å². The smallest absolute Gasteiger partial charge is 0.329 e. The Labute approximate surface area is 169 Å². The lowest BCUT2D eigenvalue weighted by atomic mass is 9.76. The van der Waals surface area contributed by atoms with Crippen LogP contribution in [0.25, 0.3) is 10.8 Å². The van der Waals surface area contributed by atoms with Gasteiger partial charge in [0.15, 0.2) is 0 Å². The van der Waals surface area contributed by atoms with Gasteiger partial charge < -0.3 is 15.2 Å². The molecule has 3 aromatic carbocycles. The number of carbonyl (C=O) groups is 2. The van der Waals surface area contributed by atoms with E-state index in [1.165, 1.54) is 0 Å². The number of aliphatic carboxylic acids is 1. The predicted octanol–water partition coefficient (Wildman–Crippen LogP) is 4.20. The van der Waals surface area contributed by atoms with E-state index in [1.807, 2.05) is 60.7 Å². The average molecular weight is 389 g/mol.